The maximum Gasteiger partial charge on any atom is 0.0522 e. The van der Waals surface area contributed by atoms with Gasteiger partial charge in [0.25, 0.3) is 0 Å². The first-order valence-electron chi connectivity index (χ1n) is 7.55. The summed E-state index contributed by atoms with van der Waals surface area (Å²) in [5, 5.41) is 9.42. The van der Waals surface area contributed by atoms with E-state index in [1.807, 2.05) is 0 Å². The van der Waals surface area contributed by atoms with Gasteiger partial charge < -0.3 is 5.11 Å². The van der Waals surface area contributed by atoms with E-state index >= 15 is 0 Å². The molecule has 1 fully saturated rings. The first kappa shape index (κ1) is 14.6. The van der Waals surface area contributed by atoms with Gasteiger partial charge in [0.05, 0.1) is 6.61 Å². The Balaban J connectivity index is 2.07. The van der Waals surface area contributed by atoms with Crippen LogP contribution < -0.4 is 0 Å². The quantitative estimate of drug-likeness (QED) is 0.839. The molecule has 1 saturated carbocycles. The van der Waals surface area contributed by atoms with E-state index in [0.29, 0.717) is 5.41 Å². The van der Waals surface area contributed by atoms with Gasteiger partial charge in [0.15, 0.2) is 0 Å². The maximum atomic E-state index is 9.42. The Morgan fingerprint density at radius 2 is 1.63 bits per heavy atom. The zero-order valence-electron chi connectivity index (χ0n) is 12.9. The molecule has 0 heterocycles. The smallest absolute Gasteiger partial charge is 0.0522 e. The van der Waals surface area contributed by atoms with Crippen LogP contribution in [0.4, 0.5) is 0 Å². The second-order valence-corrected chi connectivity index (χ2v) is 7.60. The van der Waals surface area contributed by atoms with Gasteiger partial charge >= 0.3 is 0 Å². The molecule has 0 spiro atoms. The number of aliphatic hydroxyl groups excluding tert-OH is 1. The molecular weight excluding hydrogens is 232 g/mol. The number of benzene rings is 1. The van der Waals surface area contributed by atoms with Gasteiger partial charge in [-0.3, -0.25) is 0 Å². The Morgan fingerprint density at radius 3 is 2.11 bits per heavy atom. The SMILES string of the molecule is CC1(C)CCC(c2ccc(C(C)(C)CO)cc2)CC1. The van der Waals surface area contributed by atoms with Crippen LogP contribution in [-0.4, -0.2) is 11.7 Å². The van der Waals surface area contributed by atoms with Crippen LogP contribution in [0.3, 0.4) is 0 Å². The second-order valence-electron chi connectivity index (χ2n) is 7.60. The molecule has 1 aliphatic carbocycles. The van der Waals surface area contributed by atoms with Crippen LogP contribution in [0.1, 0.15) is 70.4 Å². The lowest BCUT2D eigenvalue weighted by Gasteiger charge is -2.34. The molecule has 1 aromatic carbocycles. The summed E-state index contributed by atoms with van der Waals surface area (Å²) in [5.74, 6) is 0.735. The number of aliphatic hydroxyl groups is 1. The van der Waals surface area contributed by atoms with Crippen molar-refractivity contribution < 1.29 is 5.11 Å². The summed E-state index contributed by atoms with van der Waals surface area (Å²) < 4.78 is 0. The standard InChI is InChI=1S/C18H28O/c1-17(2)11-9-15(10-12-17)14-5-7-16(8-6-14)18(3,4)13-19/h5-8,15,19H,9-13H2,1-4H3. The molecule has 0 unspecified atom stereocenters. The van der Waals surface area contributed by atoms with Crippen molar-refractivity contribution >= 4 is 0 Å². The fraction of sp³-hybridized carbons (Fsp3) is 0.667. The third-order valence-electron chi connectivity index (χ3n) is 4.90. The molecule has 0 saturated heterocycles. The van der Waals surface area contributed by atoms with Crippen molar-refractivity contribution in [2.75, 3.05) is 6.61 Å². The summed E-state index contributed by atoms with van der Waals surface area (Å²) in [5.41, 5.74) is 3.12. The zero-order valence-corrected chi connectivity index (χ0v) is 12.9. The average molecular weight is 260 g/mol. The molecule has 2 rings (SSSR count). The van der Waals surface area contributed by atoms with Crippen molar-refractivity contribution in [3.05, 3.63) is 35.4 Å². The summed E-state index contributed by atoms with van der Waals surface area (Å²) in [4.78, 5) is 0. The van der Waals surface area contributed by atoms with Crippen LogP contribution in [0.5, 0.6) is 0 Å². The lowest BCUT2D eigenvalue weighted by molar-refractivity contribution is 0.218. The van der Waals surface area contributed by atoms with E-state index in [2.05, 4.69) is 52.0 Å². The molecular formula is C18H28O. The van der Waals surface area contributed by atoms with Gasteiger partial charge in [-0.25, -0.2) is 0 Å². The molecule has 1 aromatic rings. The molecule has 1 aliphatic rings. The minimum Gasteiger partial charge on any atom is -0.395 e. The summed E-state index contributed by atoms with van der Waals surface area (Å²) >= 11 is 0. The lowest BCUT2D eigenvalue weighted by Crippen LogP contribution is -2.22. The topological polar surface area (TPSA) is 20.2 Å². The second kappa shape index (κ2) is 5.28. The molecule has 0 amide bonds. The number of rotatable bonds is 3. The predicted molar refractivity (Wildman–Crippen MR) is 81.5 cm³/mol. The molecule has 1 N–H and O–H groups in total. The first-order valence-corrected chi connectivity index (χ1v) is 7.55. The predicted octanol–water partition coefficient (Wildman–Crippen LogP) is 4.64. The van der Waals surface area contributed by atoms with Crippen molar-refractivity contribution in [3.63, 3.8) is 0 Å². The molecule has 1 nitrogen and oxygen atoms in total. The Hall–Kier alpha value is -0.820. The summed E-state index contributed by atoms with van der Waals surface area (Å²) in [6.45, 7) is 9.15. The van der Waals surface area contributed by atoms with Gasteiger partial charge in [-0.2, -0.15) is 0 Å². The molecule has 0 atom stereocenters. The molecule has 0 aliphatic heterocycles. The highest BCUT2D eigenvalue weighted by Crippen LogP contribution is 2.42. The number of hydrogen-bond donors (Lipinski definition) is 1. The Morgan fingerprint density at radius 1 is 1.11 bits per heavy atom. The van der Waals surface area contributed by atoms with Gasteiger partial charge in [0.1, 0.15) is 0 Å². The van der Waals surface area contributed by atoms with E-state index in [9.17, 15) is 5.11 Å². The third kappa shape index (κ3) is 3.39. The molecule has 0 bridgehead atoms. The van der Waals surface area contributed by atoms with Crippen LogP contribution in [0.15, 0.2) is 24.3 Å². The third-order valence-corrected chi connectivity index (χ3v) is 4.90. The Labute approximate surface area is 118 Å². The van der Waals surface area contributed by atoms with E-state index in [4.69, 9.17) is 0 Å². The highest BCUT2D eigenvalue weighted by atomic mass is 16.3. The van der Waals surface area contributed by atoms with Gasteiger partial charge in [0.2, 0.25) is 0 Å². The maximum absolute atomic E-state index is 9.42. The Kier molecular flexibility index (Phi) is 4.06. The Bertz CT molecular complexity index is 404. The van der Waals surface area contributed by atoms with Crippen LogP contribution in [0.2, 0.25) is 0 Å². The molecule has 1 heteroatoms. The van der Waals surface area contributed by atoms with Crippen LogP contribution in [0, 0.1) is 5.41 Å². The fourth-order valence-electron chi connectivity index (χ4n) is 3.03. The van der Waals surface area contributed by atoms with Crippen LogP contribution >= 0.6 is 0 Å². The molecule has 0 radical (unpaired) electrons. The van der Waals surface area contributed by atoms with E-state index in [-0.39, 0.29) is 12.0 Å². The minimum atomic E-state index is -0.132. The largest absolute Gasteiger partial charge is 0.395 e. The van der Waals surface area contributed by atoms with E-state index in [1.165, 1.54) is 36.8 Å². The van der Waals surface area contributed by atoms with Gasteiger partial charge in [-0.1, -0.05) is 52.0 Å². The normalized spacial score (nSPS) is 20.5. The van der Waals surface area contributed by atoms with Crippen molar-refractivity contribution in [2.24, 2.45) is 5.41 Å². The number of hydrogen-bond acceptors (Lipinski definition) is 1. The highest BCUT2D eigenvalue weighted by molar-refractivity contribution is 5.30. The van der Waals surface area contributed by atoms with E-state index in [1.54, 1.807) is 0 Å². The van der Waals surface area contributed by atoms with Crippen LogP contribution in [-0.2, 0) is 5.41 Å². The van der Waals surface area contributed by atoms with Gasteiger partial charge in [-0.15, -0.1) is 0 Å². The average Bonchev–Trinajstić information content (AvgIpc) is 2.39. The van der Waals surface area contributed by atoms with Gasteiger partial charge in [-0.05, 0) is 48.1 Å². The summed E-state index contributed by atoms with van der Waals surface area (Å²) in [6.07, 6.45) is 5.30. The first-order chi connectivity index (χ1) is 8.84. The fourth-order valence-corrected chi connectivity index (χ4v) is 3.03. The van der Waals surface area contributed by atoms with Crippen LogP contribution in [0.25, 0.3) is 0 Å². The van der Waals surface area contributed by atoms with E-state index in [0.717, 1.165) is 5.92 Å². The zero-order chi connectivity index (χ0) is 14.1. The summed E-state index contributed by atoms with van der Waals surface area (Å²) in [6, 6.07) is 8.95. The minimum absolute atomic E-state index is 0.132. The summed E-state index contributed by atoms with van der Waals surface area (Å²) in [7, 11) is 0. The molecule has 0 aromatic heterocycles. The lowest BCUT2D eigenvalue weighted by atomic mass is 9.71. The van der Waals surface area contributed by atoms with Crippen molar-refractivity contribution in [1.82, 2.24) is 0 Å². The van der Waals surface area contributed by atoms with Crippen molar-refractivity contribution in [1.29, 1.82) is 0 Å². The monoisotopic (exact) mass is 260 g/mol. The van der Waals surface area contributed by atoms with Crippen molar-refractivity contribution in [2.45, 2.75) is 64.7 Å². The van der Waals surface area contributed by atoms with E-state index < -0.39 is 0 Å². The molecule has 106 valence electrons. The highest BCUT2D eigenvalue weighted by Gasteiger charge is 2.27. The molecule has 19 heavy (non-hydrogen) atoms. The van der Waals surface area contributed by atoms with Gasteiger partial charge in [0, 0.05) is 5.41 Å². The van der Waals surface area contributed by atoms with Crippen molar-refractivity contribution in [3.8, 4) is 0 Å².